The van der Waals surface area contributed by atoms with E-state index in [0.29, 0.717) is 25.1 Å². The molecule has 1 amide bonds. The first-order valence-corrected chi connectivity index (χ1v) is 5.69. The first kappa shape index (κ1) is 14.2. The third kappa shape index (κ3) is 3.89. The second-order valence-corrected chi connectivity index (χ2v) is 3.88. The van der Waals surface area contributed by atoms with E-state index < -0.39 is 0 Å². The molecule has 0 aliphatic carbocycles. The minimum Gasteiger partial charge on any atom is -0.469 e. The van der Waals surface area contributed by atoms with Crippen LogP contribution in [0.25, 0.3) is 0 Å². The fraction of sp³-hybridized carbons (Fsp3) is 0.500. The highest BCUT2D eigenvalue weighted by Gasteiger charge is 2.15. The summed E-state index contributed by atoms with van der Waals surface area (Å²) >= 11 is 0. The Balaban J connectivity index is 2.43. The van der Waals surface area contributed by atoms with E-state index in [1.807, 2.05) is 0 Å². The molecule has 0 aliphatic rings. The monoisotopic (exact) mass is 254 g/mol. The molecule has 1 heterocycles. The number of methoxy groups -OCH3 is 1. The molecule has 0 bridgehead atoms. The Bertz CT molecular complexity index is 414. The van der Waals surface area contributed by atoms with Crippen LogP contribution in [0.1, 0.15) is 29.2 Å². The molecule has 1 aromatic rings. The van der Waals surface area contributed by atoms with Crippen LogP contribution in [-0.2, 0) is 16.1 Å². The van der Waals surface area contributed by atoms with Gasteiger partial charge in [-0.2, -0.15) is 0 Å². The quantitative estimate of drug-likeness (QED) is 0.757. The van der Waals surface area contributed by atoms with Gasteiger partial charge in [-0.05, 0) is 18.6 Å². The molecule has 0 fully saturated rings. The number of esters is 1. The van der Waals surface area contributed by atoms with Gasteiger partial charge in [0.2, 0.25) is 0 Å². The van der Waals surface area contributed by atoms with Gasteiger partial charge in [0.15, 0.2) is 5.76 Å². The number of furan rings is 1. The van der Waals surface area contributed by atoms with Gasteiger partial charge in [0.05, 0.1) is 13.7 Å². The average molecular weight is 254 g/mol. The molecule has 0 radical (unpaired) electrons. The van der Waals surface area contributed by atoms with Crippen molar-refractivity contribution in [3.05, 3.63) is 23.7 Å². The maximum absolute atomic E-state index is 11.9. The Morgan fingerprint density at radius 1 is 1.44 bits per heavy atom. The summed E-state index contributed by atoms with van der Waals surface area (Å²) in [6, 6.07) is 3.27. The minimum atomic E-state index is -0.278. The van der Waals surface area contributed by atoms with Gasteiger partial charge < -0.3 is 19.8 Å². The number of nitrogens with zero attached hydrogens (tertiary/aromatic N) is 1. The van der Waals surface area contributed by atoms with Crippen molar-refractivity contribution in [2.45, 2.75) is 19.4 Å². The molecule has 0 saturated carbocycles. The van der Waals surface area contributed by atoms with Crippen LogP contribution in [0.4, 0.5) is 0 Å². The predicted molar refractivity (Wildman–Crippen MR) is 64.8 cm³/mol. The molecular weight excluding hydrogens is 236 g/mol. The molecule has 1 aromatic heterocycles. The maximum atomic E-state index is 11.9. The summed E-state index contributed by atoms with van der Waals surface area (Å²) in [5.41, 5.74) is 5.40. The van der Waals surface area contributed by atoms with Gasteiger partial charge >= 0.3 is 5.97 Å². The van der Waals surface area contributed by atoms with Gasteiger partial charge in [0, 0.05) is 20.0 Å². The van der Waals surface area contributed by atoms with Gasteiger partial charge in [-0.3, -0.25) is 9.59 Å². The van der Waals surface area contributed by atoms with Gasteiger partial charge in [-0.25, -0.2) is 0 Å². The van der Waals surface area contributed by atoms with Crippen molar-refractivity contribution in [2.24, 2.45) is 5.73 Å². The molecule has 2 N–H and O–H groups in total. The number of hydrogen-bond acceptors (Lipinski definition) is 5. The van der Waals surface area contributed by atoms with Crippen LogP contribution >= 0.6 is 0 Å². The zero-order chi connectivity index (χ0) is 13.5. The van der Waals surface area contributed by atoms with Gasteiger partial charge in [-0.1, -0.05) is 0 Å². The fourth-order valence-electron chi connectivity index (χ4n) is 1.45. The lowest BCUT2D eigenvalue weighted by atomic mass is 10.3. The molecule has 100 valence electrons. The summed E-state index contributed by atoms with van der Waals surface area (Å²) in [4.78, 5) is 24.3. The van der Waals surface area contributed by atoms with E-state index in [1.165, 1.54) is 12.0 Å². The van der Waals surface area contributed by atoms with Gasteiger partial charge in [-0.15, -0.1) is 0 Å². The Labute approximate surface area is 106 Å². The Kier molecular flexibility index (Phi) is 5.38. The number of hydrogen-bond donors (Lipinski definition) is 1. The van der Waals surface area contributed by atoms with Crippen molar-refractivity contribution in [1.82, 2.24) is 4.90 Å². The van der Waals surface area contributed by atoms with E-state index in [0.717, 1.165) is 0 Å². The topological polar surface area (TPSA) is 85.8 Å². The van der Waals surface area contributed by atoms with Gasteiger partial charge in [0.1, 0.15) is 5.76 Å². The van der Waals surface area contributed by atoms with Crippen LogP contribution in [0.2, 0.25) is 0 Å². The Morgan fingerprint density at radius 2 is 2.17 bits per heavy atom. The molecule has 0 saturated heterocycles. The summed E-state index contributed by atoms with van der Waals surface area (Å²) in [6.45, 7) is 0.728. The van der Waals surface area contributed by atoms with Crippen molar-refractivity contribution < 1.29 is 18.7 Å². The van der Waals surface area contributed by atoms with Crippen molar-refractivity contribution in [3.63, 3.8) is 0 Å². The number of amides is 1. The highest BCUT2D eigenvalue weighted by Crippen LogP contribution is 2.10. The highest BCUT2D eigenvalue weighted by molar-refractivity contribution is 5.91. The van der Waals surface area contributed by atoms with Crippen molar-refractivity contribution in [3.8, 4) is 0 Å². The third-order valence-corrected chi connectivity index (χ3v) is 2.52. The number of rotatable bonds is 6. The van der Waals surface area contributed by atoms with E-state index in [9.17, 15) is 9.59 Å². The standard InChI is InChI=1S/C12H18N2O4/c1-14(7-3-4-11(15)17-2)12(16)10-6-5-9(8-13)18-10/h5-6H,3-4,7-8,13H2,1-2H3. The van der Waals surface area contributed by atoms with Crippen molar-refractivity contribution >= 4 is 11.9 Å². The first-order valence-electron chi connectivity index (χ1n) is 5.69. The molecular formula is C12H18N2O4. The van der Waals surface area contributed by atoms with E-state index in [-0.39, 0.29) is 24.2 Å². The molecule has 0 unspecified atom stereocenters. The molecule has 0 aliphatic heterocycles. The first-order chi connectivity index (χ1) is 8.58. The van der Waals surface area contributed by atoms with Crippen molar-refractivity contribution in [1.29, 1.82) is 0 Å². The van der Waals surface area contributed by atoms with Crippen LogP contribution in [-0.4, -0.2) is 37.5 Å². The van der Waals surface area contributed by atoms with Gasteiger partial charge in [0.25, 0.3) is 5.91 Å². The average Bonchev–Trinajstić information content (AvgIpc) is 2.86. The number of nitrogens with two attached hydrogens (primary N) is 1. The second kappa shape index (κ2) is 6.80. The summed E-state index contributed by atoms with van der Waals surface area (Å²) in [5.74, 6) is 0.330. The Morgan fingerprint density at radius 3 is 2.72 bits per heavy atom. The lowest BCUT2D eigenvalue weighted by Crippen LogP contribution is -2.27. The zero-order valence-corrected chi connectivity index (χ0v) is 10.6. The molecule has 0 aromatic carbocycles. The largest absolute Gasteiger partial charge is 0.469 e. The fourth-order valence-corrected chi connectivity index (χ4v) is 1.45. The van der Waals surface area contributed by atoms with Crippen LogP contribution in [0.3, 0.4) is 0 Å². The minimum absolute atomic E-state index is 0.223. The van der Waals surface area contributed by atoms with E-state index in [4.69, 9.17) is 10.2 Å². The maximum Gasteiger partial charge on any atom is 0.305 e. The summed E-state index contributed by atoms with van der Waals surface area (Å²) in [5, 5.41) is 0. The van der Waals surface area contributed by atoms with Crippen molar-refractivity contribution in [2.75, 3.05) is 20.7 Å². The smallest absolute Gasteiger partial charge is 0.305 e. The van der Waals surface area contributed by atoms with Crippen LogP contribution in [0, 0.1) is 0 Å². The molecule has 6 nitrogen and oxygen atoms in total. The highest BCUT2D eigenvalue weighted by atomic mass is 16.5. The summed E-state index contributed by atoms with van der Waals surface area (Å²) < 4.78 is 9.78. The lowest BCUT2D eigenvalue weighted by molar-refractivity contribution is -0.140. The molecule has 6 heteroatoms. The number of ether oxygens (including phenoxy) is 1. The summed E-state index contributed by atoms with van der Waals surface area (Å²) in [7, 11) is 3.00. The molecule has 1 rings (SSSR count). The van der Waals surface area contributed by atoms with Crippen LogP contribution < -0.4 is 5.73 Å². The zero-order valence-electron chi connectivity index (χ0n) is 10.6. The van der Waals surface area contributed by atoms with E-state index >= 15 is 0 Å². The number of carbonyl (C=O) groups is 2. The SMILES string of the molecule is COC(=O)CCCN(C)C(=O)c1ccc(CN)o1. The predicted octanol–water partition coefficient (Wildman–Crippen LogP) is 0.763. The third-order valence-electron chi connectivity index (χ3n) is 2.52. The van der Waals surface area contributed by atoms with Crippen LogP contribution in [0.15, 0.2) is 16.5 Å². The lowest BCUT2D eigenvalue weighted by Gasteiger charge is -2.15. The molecule has 18 heavy (non-hydrogen) atoms. The van der Waals surface area contributed by atoms with E-state index in [2.05, 4.69) is 4.74 Å². The number of carbonyl (C=O) groups excluding carboxylic acids is 2. The Hall–Kier alpha value is -1.82. The molecule has 0 atom stereocenters. The summed E-state index contributed by atoms with van der Waals surface area (Å²) in [6.07, 6.45) is 0.847. The van der Waals surface area contributed by atoms with Crippen LogP contribution in [0.5, 0.6) is 0 Å². The molecule has 0 spiro atoms. The second-order valence-electron chi connectivity index (χ2n) is 3.88. The van der Waals surface area contributed by atoms with E-state index in [1.54, 1.807) is 19.2 Å². The normalized spacial score (nSPS) is 10.2.